The van der Waals surface area contributed by atoms with Gasteiger partial charge >= 0.3 is 0 Å². The molecule has 0 fully saturated rings. The lowest BCUT2D eigenvalue weighted by molar-refractivity contribution is 0.806. The molecule has 22 heavy (non-hydrogen) atoms. The molecule has 1 N–H and O–H groups in total. The Labute approximate surface area is 128 Å². The van der Waals surface area contributed by atoms with Gasteiger partial charge in [-0.3, -0.25) is 15.1 Å². The first-order valence-electron chi connectivity index (χ1n) is 7.44. The SMILES string of the molecule is C(=Nc1ccc2cn[nH]c2c1)C1CN=C(c2ccccc2)C1. The van der Waals surface area contributed by atoms with Gasteiger partial charge in [0, 0.05) is 29.8 Å². The van der Waals surface area contributed by atoms with Crippen molar-refractivity contribution in [3.8, 4) is 0 Å². The molecule has 0 bridgehead atoms. The molecule has 1 aromatic heterocycles. The van der Waals surface area contributed by atoms with E-state index in [-0.39, 0.29) is 0 Å². The minimum atomic E-state index is 0.382. The number of aromatic nitrogens is 2. The fourth-order valence-electron chi connectivity index (χ4n) is 2.74. The molecule has 0 saturated heterocycles. The molecule has 1 aliphatic heterocycles. The molecule has 0 radical (unpaired) electrons. The first-order valence-corrected chi connectivity index (χ1v) is 7.44. The number of benzene rings is 2. The average Bonchev–Trinajstić information content (AvgIpc) is 3.22. The molecular formula is C18H16N4. The fourth-order valence-corrected chi connectivity index (χ4v) is 2.74. The topological polar surface area (TPSA) is 53.4 Å². The van der Waals surface area contributed by atoms with Crippen molar-refractivity contribution in [2.45, 2.75) is 6.42 Å². The van der Waals surface area contributed by atoms with Crippen LogP contribution in [0.1, 0.15) is 12.0 Å². The Morgan fingerprint density at radius 1 is 1.14 bits per heavy atom. The van der Waals surface area contributed by atoms with Crippen LogP contribution in [0.2, 0.25) is 0 Å². The van der Waals surface area contributed by atoms with E-state index in [1.54, 1.807) is 0 Å². The van der Waals surface area contributed by atoms with E-state index in [0.717, 1.165) is 29.6 Å². The number of hydrogen-bond acceptors (Lipinski definition) is 3. The molecule has 0 saturated carbocycles. The second-order valence-corrected chi connectivity index (χ2v) is 5.54. The minimum absolute atomic E-state index is 0.382. The standard InChI is InChI=1S/C18H16N4/c1-2-4-14(5-3-1)17-8-13(11-20-17)10-19-16-7-6-15-12-21-22-18(15)9-16/h1-7,9-10,12-13H,8,11H2,(H,21,22). The summed E-state index contributed by atoms with van der Waals surface area (Å²) >= 11 is 0. The van der Waals surface area contributed by atoms with Crippen LogP contribution >= 0.6 is 0 Å². The highest BCUT2D eigenvalue weighted by Crippen LogP contribution is 2.21. The third-order valence-corrected chi connectivity index (χ3v) is 3.94. The zero-order valence-corrected chi connectivity index (χ0v) is 12.1. The Balaban J connectivity index is 1.46. The minimum Gasteiger partial charge on any atom is -0.288 e. The largest absolute Gasteiger partial charge is 0.288 e. The van der Waals surface area contributed by atoms with Crippen LogP contribution < -0.4 is 0 Å². The lowest BCUT2D eigenvalue weighted by atomic mass is 10.0. The molecule has 1 aliphatic rings. The number of fused-ring (bicyclic) bond motifs is 1. The van der Waals surface area contributed by atoms with Gasteiger partial charge in [0.1, 0.15) is 0 Å². The van der Waals surface area contributed by atoms with Crippen molar-refractivity contribution in [2.75, 3.05) is 6.54 Å². The van der Waals surface area contributed by atoms with Crippen LogP contribution in [0.5, 0.6) is 0 Å². The lowest BCUT2D eigenvalue weighted by Crippen LogP contribution is -2.04. The third-order valence-electron chi connectivity index (χ3n) is 3.94. The summed E-state index contributed by atoms with van der Waals surface area (Å²) in [6.07, 6.45) is 4.80. The van der Waals surface area contributed by atoms with Gasteiger partial charge in [-0.05, 0) is 30.2 Å². The monoisotopic (exact) mass is 288 g/mol. The first-order chi connectivity index (χ1) is 10.9. The van der Waals surface area contributed by atoms with Gasteiger partial charge in [-0.25, -0.2) is 0 Å². The zero-order valence-electron chi connectivity index (χ0n) is 12.1. The summed E-state index contributed by atoms with van der Waals surface area (Å²) in [6.45, 7) is 0.819. The predicted octanol–water partition coefficient (Wildman–Crippen LogP) is 3.77. The molecule has 2 heterocycles. The maximum atomic E-state index is 4.65. The van der Waals surface area contributed by atoms with Crippen LogP contribution in [0.15, 0.2) is 64.7 Å². The molecule has 4 rings (SSSR count). The average molecular weight is 288 g/mol. The highest BCUT2D eigenvalue weighted by atomic mass is 15.1. The van der Waals surface area contributed by atoms with Crippen LogP contribution in [0.4, 0.5) is 5.69 Å². The van der Waals surface area contributed by atoms with E-state index in [4.69, 9.17) is 0 Å². The van der Waals surface area contributed by atoms with E-state index in [0.29, 0.717) is 5.92 Å². The number of H-pyrrole nitrogens is 1. The Morgan fingerprint density at radius 2 is 2.05 bits per heavy atom. The zero-order chi connectivity index (χ0) is 14.8. The van der Waals surface area contributed by atoms with Gasteiger partial charge in [-0.2, -0.15) is 5.10 Å². The Bertz CT molecular complexity index is 846. The van der Waals surface area contributed by atoms with Gasteiger partial charge in [-0.1, -0.05) is 30.3 Å². The summed E-state index contributed by atoms with van der Waals surface area (Å²) in [5, 5.41) is 8.10. The maximum absolute atomic E-state index is 4.65. The van der Waals surface area contributed by atoms with Gasteiger partial charge in [-0.15, -0.1) is 0 Å². The second kappa shape index (κ2) is 5.56. The third kappa shape index (κ3) is 2.55. The van der Waals surface area contributed by atoms with E-state index in [1.165, 1.54) is 11.3 Å². The smallest absolute Gasteiger partial charge is 0.0671 e. The van der Waals surface area contributed by atoms with Crippen LogP contribution in [-0.2, 0) is 0 Å². The highest BCUT2D eigenvalue weighted by molar-refractivity contribution is 6.03. The van der Waals surface area contributed by atoms with E-state index < -0.39 is 0 Å². The van der Waals surface area contributed by atoms with E-state index >= 15 is 0 Å². The van der Waals surface area contributed by atoms with E-state index in [1.807, 2.05) is 36.7 Å². The van der Waals surface area contributed by atoms with Crippen molar-refractivity contribution in [1.29, 1.82) is 0 Å². The molecule has 1 unspecified atom stereocenters. The van der Waals surface area contributed by atoms with Gasteiger partial charge in [0.05, 0.1) is 17.4 Å². The maximum Gasteiger partial charge on any atom is 0.0671 e. The highest BCUT2D eigenvalue weighted by Gasteiger charge is 2.17. The summed E-state index contributed by atoms with van der Waals surface area (Å²) in [7, 11) is 0. The summed E-state index contributed by atoms with van der Waals surface area (Å²) in [5.74, 6) is 0.382. The van der Waals surface area contributed by atoms with Crippen LogP contribution in [0, 0.1) is 5.92 Å². The molecule has 0 aliphatic carbocycles. The predicted molar refractivity (Wildman–Crippen MR) is 90.2 cm³/mol. The molecule has 0 spiro atoms. The lowest BCUT2D eigenvalue weighted by Gasteiger charge is -2.02. The van der Waals surface area contributed by atoms with Gasteiger partial charge in [0.2, 0.25) is 0 Å². The molecule has 0 amide bonds. The van der Waals surface area contributed by atoms with Crippen LogP contribution in [0.3, 0.4) is 0 Å². The normalized spacial score (nSPS) is 18.2. The van der Waals surface area contributed by atoms with E-state index in [2.05, 4.69) is 44.4 Å². The molecule has 2 aromatic carbocycles. The summed E-state index contributed by atoms with van der Waals surface area (Å²) in [4.78, 5) is 9.25. The number of rotatable bonds is 3. The number of aromatic amines is 1. The Morgan fingerprint density at radius 3 is 2.95 bits per heavy atom. The number of hydrogen-bond donors (Lipinski definition) is 1. The Hall–Kier alpha value is -2.75. The van der Waals surface area contributed by atoms with Gasteiger partial charge in [0.25, 0.3) is 0 Å². The summed E-state index contributed by atoms with van der Waals surface area (Å²) in [6, 6.07) is 16.4. The van der Waals surface area contributed by atoms with Gasteiger partial charge < -0.3 is 0 Å². The molecule has 4 nitrogen and oxygen atoms in total. The quantitative estimate of drug-likeness (QED) is 0.733. The van der Waals surface area contributed by atoms with Gasteiger partial charge in [0.15, 0.2) is 0 Å². The van der Waals surface area contributed by atoms with Crippen molar-refractivity contribution in [2.24, 2.45) is 15.9 Å². The van der Waals surface area contributed by atoms with E-state index in [9.17, 15) is 0 Å². The van der Waals surface area contributed by atoms with Crippen LogP contribution in [-0.4, -0.2) is 28.7 Å². The van der Waals surface area contributed by atoms with Crippen molar-refractivity contribution >= 4 is 28.5 Å². The van der Waals surface area contributed by atoms with Crippen molar-refractivity contribution in [3.05, 3.63) is 60.3 Å². The first kappa shape index (κ1) is 13.0. The molecule has 4 heteroatoms. The number of nitrogens with one attached hydrogen (secondary N) is 1. The molecule has 3 aromatic rings. The Kier molecular flexibility index (Phi) is 3.27. The van der Waals surface area contributed by atoms with Crippen molar-refractivity contribution < 1.29 is 0 Å². The summed E-state index contributed by atoms with van der Waals surface area (Å²) in [5.41, 5.74) is 4.37. The fraction of sp³-hybridized carbons (Fsp3) is 0.167. The van der Waals surface area contributed by atoms with Crippen molar-refractivity contribution in [1.82, 2.24) is 10.2 Å². The second-order valence-electron chi connectivity index (χ2n) is 5.54. The van der Waals surface area contributed by atoms with Crippen molar-refractivity contribution in [3.63, 3.8) is 0 Å². The molecule has 1 atom stereocenters. The van der Waals surface area contributed by atoms with Crippen LogP contribution in [0.25, 0.3) is 10.9 Å². The molecule has 108 valence electrons. The number of nitrogens with zero attached hydrogens (tertiary/aromatic N) is 3. The number of aliphatic imine (C=N–C) groups is 2. The molecular weight excluding hydrogens is 272 g/mol. The summed E-state index contributed by atoms with van der Waals surface area (Å²) < 4.78 is 0.